The average molecular weight is 410 g/mol. The van der Waals surface area contributed by atoms with E-state index in [0.29, 0.717) is 29.3 Å². The molecule has 0 fully saturated rings. The summed E-state index contributed by atoms with van der Waals surface area (Å²) in [5.74, 6) is -1.84. The Balaban J connectivity index is 0.000000370. The number of aliphatic carboxylic acids is 1. The number of nitrogens with zero attached hydrogens (tertiary/aromatic N) is 3. The lowest BCUT2D eigenvalue weighted by Crippen LogP contribution is -2.35. The lowest BCUT2D eigenvalue weighted by molar-refractivity contribution is -0.192. The molecule has 8 nitrogen and oxygen atoms in total. The Bertz CT molecular complexity index is 932. The van der Waals surface area contributed by atoms with Crippen LogP contribution in [0.2, 0.25) is 0 Å². The number of para-hydroxylation sites is 2. The second kappa shape index (κ2) is 8.66. The molecular formula is C18H17F3N4O4. The van der Waals surface area contributed by atoms with E-state index in [2.05, 4.69) is 11.2 Å². The second-order valence-corrected chi connectivity index (χ2v) is 5.80. The van der Waals surface area contributed by atoms with Gasteiger partial charge in [-0.25, -0.2) is 9.80 Å². The van der Waals surface area contributed by atoms with E-state index in [-0.39, 0.29) is 11.9 Å². The zero-order chi connectivity index (χ0) is 21.8. The fourth-order valence-electron chi connectivity index (χ4n) is 2.50. The van der Waals surface area contributed by atoms with Crippen molar-refractivity contribution in [2.24, 2.45) is 10.8 Å². The molecule has 0 bridgehead atoms. The number of carboxylic acids is 1. The average Bonchev–Trinajstić information content (AvgIpc) is 2.67. The Morgan fingerprint density at radius 2 is 2.07 bits per heavy atom. The molecule has 0 saturated carbocycles. The van der Waals surface area contributed by atoms with Gasteiger partial charge >= 0.3 is 12.1 Å². The summed E-state index contributed by atoms with van der Waals surface area (Å²) in [4.78, 5) is 8.90. The van der Waals surface area contributed by atoms with Crippen molar-refractivity contribution >= 4 is 17.4 Å². The van der Waals surface area contributed by atoms with Crippen LogP contribution in [-0.4, -0.2) is 42.8 Å². The minimum Gasteiger partial charge on any atom is -0.494 e. The van der Waals surface area contributed by atoms with Gasteiger partial charge in [0, 0.05) is 5.57 Å². The van der Waals surface area contributed by atoms with Gasteiger partial charge in [-0.3, -0.25) is 0 Å². The largest absolute Gasteiger partial charge is 0.494 e. The first-order valence-electron chi connectivity index (χ1n) is 8.14. The van der Waals surface area contributed by atoms with Gasteiger partial charge in [0.25, 0.3) is 0 Å². The maximum absolute atomic E-state index is 10.6. The number of hydrazone groups is 1. The first-order chi connectivity index (χ1) is 13.6. The summed E-state index contributed by atoms with van der Waals surface area (Å²) >= 11 is 0. The van der Waals surface area contributed by atoms with Crippen molar-refractivity contribution in [2.45, 2.75) is 19.2 Å². The Morgan fingerprint density at radius 3 is 2.62 bits per heavy atom. The van der Waals surface area contributed by atoms with E-state index in [4.69, 9.17) is 25.1 Å². The molecule has 2 aliphatic rings. The lowest BCUT2D eigenvalue weighted by atomic mass is 9.97. The molecule has 2 aliphatic heterocycles. The molecule has 0 radical (unpaired) electrons. The smallest absolute Gasteiger partial charge is 0.490 e. The minimum atomic E-state index is -5.08. The van der Waals surface area contributed by atoms with Crippen LogP contribution in [0.5, 0.6) is 5.75 Å². The number of allylic oxidation sites excluding steroid dienone is 1. The molecule has 3 rings (SSSR count). The number of alkyl halides is 3. The van der Waals surface area contributed by atoms with Gasteiger partial charge in [-0.15, -0.1) is 0 Å². The fourth-order valence-corrected chi connectivity index (χ4v) is 2.50. The van der Waals surface area contributed by atoms with Gasteiger partial charge in [0.1, 0.15) is 28.9 Å². The quantitative estimate of drug-likeness (QED) is 0.768. The van der Waals surface area contributed by atoms with E-state index in [1.54, 1.807) is 7.11 Å². The van der Waals surface area contributed by atoms with Gasteiger partial charge in [-0.2, -0.15) is 23.5 Å². The molecule has 1 unspecified atom stereocenters. The van der Waals surface area contributed by atoms with Crippen LogP contribution in [0.1, 0.15) is 6.92 Å². The number of hydrogen-bond donors (Lipinski definition) is 2. The molecule has 0 aliphatic carbocycles. The zero-order valence-electron chi connectivity index (χ0n) is 15.4. The molecule has 1 atom stereocenters. The summed E-state index contributed by atoms with van der Waals surface area (Å²) in [6.45, 7) is 2.26. The molecule has 0 spiro atoms. The molecule has 3 N–H and O–H groups in total. The monoisotopic (exact) mass is 410 g/mol. The minimum absolute atomic E-state index is 0.0667. The van der Waals surface area contributed by atoms with Gasteiger partial charge in [-0.05, 0) is 25.1 Å². The molecule has 0 amide bonds. The third-order valence-corrected chi connectivity index (χ3v) is 3.84. The van der Waals surface area contributed by atoms with Crippen LogP contribution in [0, 0.1) is 11.3 Å². The number of hydrogen-bond acceptors (Lipinski definition) is 7. The van der Waals surface area contributed by atoms with Gasteiger partial charge in [0.2, 0.25) is 0 Å². The van der Waals surface area contributed by atoms with Crippen molar-refractivity contribution < 1.29 is 32.5 Å². The number of anilines is 1. The van der Waals surface area contributed by atoms with E-state index < -0.39 is 12.1 Å². The zero-order valence-corrected chi connectivity index (χ0v) is 15.4. The summed E-state index contributed by atoms with van der Waals surface area (Å²) < 4.78 is 42.7. The summed E-state index contributed by atoms with van der Waals surface area (Å²) in [7, 11) is 1.58. The van der Waals surface area contributed by atoms with Crippen molar-refractivity contribution in [1.82, 2.24) is 0 Å². The molecular weight excluding hydrogens is 393 g/mol. The van der Waals surface area contributed by atoms with Crippen LogP contribution in [0.25, 0.3) is 0 Å². The van der Waals surface area contributed by atoms with Crippen molar-refractivity contribution in [3.63, 3.8) is 0 Å². The SMILES string of the molecule is COc1ccccc1N1N=C2COC(C)C=C2C(C#N)=C1N.O=C(O)C(F)(F)F. The summed E-state index contributed by atoms with van der Waals surface area (Å²) in [6, 6.07) is 9.56. The van der Waals surface area contributed by atoms with Gasteiger partial charge < -0.3 is 20.3 Å². The van der Waals surface area contributed by atoms with E-state index in [0.717, 1.165) is 5.57 Å². The number of ether oxygens (including phenoxy) is 2. The number of methoxy groups -OCH3 is 1. The molecule has 154 valence electrons. The maximum atomic E-state index is 10.6. The number of rotatable bonds is 2. The van der Waals surface area contributed by atoms with E-state index >= 15 is 0 Å². The number of benzene rings is 1. The van der Waals surface area contributed by atoms with Crippen molar-refractivity contribution in [1.29, 1.82) is 5.26 Å². The van der Waals surface area contributed by atoms with Crippen LogP contribution < -0.4 is 15.5 Å². The number of nitriles is 1. The first-order valence-corrected chi connectivity index (χ1v) is 8.14. The molecule has 29 heavy (non-hydrogen) atoms. The van der Waals surface area contributed by atoms with Crippen molar-refractivity contribution in [3.8, 4) is 11.8 Å². The highest BCUT2D eigenvalue weighted by Gasteiger charge is 2.38. The Morgan fingerprint density at radius 1 is 1.45 bits per heavy atom. The summed E-state index contributed by atoms with van der Waals surface area (Å²) in [5, 5.41) is 22.7. The number of carboxylic acid groups (broad SMARTS) is 1. The third-order valence-electron chi connectivity index (χ3n) is 3.84. The van der Waals surface area contributed by atoms with E-state index in [1.807, 2.05) is 37.3 Å². The van der Waals surface area contributed by atoms with E-state index in [1.165, 1.54) is 5.01 Å². The lowest BCUT2D eigenvalue weighted by Gasteiger charge is -2.31. The Labute approximate surface area is 163 Å². The summed E-state index contributed by atoms with van der Waals surface area (Å²) in [5.41, 5.74) is 8.71. The van der Waals surface area contributed by atoms with Crippen molar-refractivity contribution in [3.05, 3.63) is 47.3 Å². The molecule has 11 heteroatoms. The number of carbonyl (C=O) groups is 1. The van der Waals surface area contributed by atoms with Crippen LogP contribution >= 0.6 is 0 Å². The maximum Gasteiger partial charge on any atom is 0.490 e. The molecule has 2 heterocycles. The number of nitrogens with two attached hydrogens (primary N) is 1. The van der Waals surface area contributed by atoms with Crippen molar-refractivity contribution in [2.75, 3.05) is 18.7 Å². The first kappa shape index (κ1) is 21.8. The number of fused-ring (bicyclic) bond motifs is 1. The topological polar surface area (TPSA) is 121 Å². The fraction of sp³-hybridized carbons (Fsp3) is 0.278. The van der Waals surface area contributed by atoms with E-state index in [9.17, 15) is 18.4 Å². The standard InChI is InChI=1S/C16H16N4O2.C2HF3O2/c1-10-7-11-12(8-17)16(18)20(19-13(11)9-22-10)14-5-3-4-6-15(14)21-2;3-2(4,5)1(6)7/h3-7,10H,9,18H2,1-2H3;(H,6,7). The Hall–Kier alpha value is -3.52. The second-order valence-electron chi connectivity index (χ2n) is 5.80. The van der Waals surface area contributed by atoms with Gasteiger partial charge in [0.05, 0.1) is 25.5 Å². The normalized spacial score (nSPS) is 18.5. The third kappa shape index (κ3) is 4.85. The summed E-state index contributed by atoms with van der Waals surface area (Å²) in [6.07, 6.45) is -3.28. The highest BCUT2D eigenvalue weighted by Crippen LogP contribution is 2.35. The molecule has 1 aromatic carbocycles. The highest BCUT2D eigenvalue weighted by molar-refractivity contribution is 6.08. The predicted molar refractivity (Wildman–Crippen MR) is 96.9 cm³/mol. The van der Waals surface area contributed by atoms with Crippen LogP contribution in [-0.2, 0) is 9.53 Å². The molecule has 1 aromatic rings. The predicted octanol–water partition coefficient (Wildman–Crippen LogP) is 2.54. The van der Waals surface area contributed by atoms with Crippen LogP contribution in [0.3, 0.4) is 0 Å². The van der Waals surface area contributed by atoms with Gasteiger partial charge in [-0.1, -0.05) is 12.1 Å². The van der Waals surface area contributed by atoms with Crippen LogP contribution in [0.15, 0.2) is 52.4 Å². The van der Waals surface area contributed by atoms with Crippen LogP contribution in [0.4, 0.5) is 18.9 Å². The molecule has 0 saturated heterocycles. The Kier molecular flexibility index (Phi) is 6.50. The number of halogens is 3. The highest BCUT2D eigenvalue weighted by atomic mass is 19.4. The molecule has 0 aromatic heterocycles. The van der Waals surface area contributed by atoms with Gasteiger partial charge in [0.15, 0.2) is 0 Å².